The lowest BCUT2D eigenvalue weighted by molar-refractivity contribution is 0.200. The first kappa shape index (κ1) is 11.6. The Morgan fingerprint density at radius 2 is 2.25 bits per heavy atom. The fraction of sp³-hybridized carbons (Fsp3) is 0.667. The Morgan fingerprint density at radius 3 is 2.67 bits per heavy atom. The molecular formula is C6H13NO4S. The highest BCUT2D eigenvalue weighted by molar-refractivity contribution is 7.86. The molecule has 0 radical (unpaired) electrons. The van der Waals surface area contributed by atoms with Crippen LogP contribution < -0.4 is 5.73 Å². The van der Waals surface area contributed by atoms with Crippen molar-refractivity contribution in [3.05, 3.63) is 12.7 Å². The molecule has 0 aliphatic heterocycles. The summed E-state index contributed by atoms with van der Waals surface area (Å²) in [6.45, 7) is 3.10. The largest absolute Gasteiger partial charge is 0.391 e. The van der Waals surface area contributed by atoms with Crippen LogP contribution in [0.25, 0.3) is 0 Å². The first-order valence-electron chi connectivity index (χ1n) is 3.38. The Morgan fingerprint density at radius 1 is 1.67 bits per heavy atom. The van der Waals surface area contributed by atoms with Crippen LogP contribution in [0.2, 0.25) is 0 Å². The molecule has 0 rings (SSSR count). The summed E-state index contributed by atoms with van der Waals surface area (Å²) in [6.07, 6.45) is 0.242. The van der Waals surface area contributed by atoms with Crippen molar-refractivity contribution in [2.45, 2.75) is 6.10 Å². The molecule has 12 heavy (non-hydrogen) atoms. The number of aliphatic hydroxyl groups is 1. The number of aliphatic hydroxyl groups excluding tert-OH is 1. The third kappa shape index (κ3) is 5.25. The van der Waals surface area contributed by atoms with Crippen molar-refractivity contribution in [1.82, 2.24) is 0 Å². The van der Waals surface area contributed by atoms with Crippen LogP contribution in [0, 0.1) is 0 Å². The molecule has 0 aromatic carbocycles. The maximum Gasteiger partial charge on any atom is 0.270 e. The second-order valence-corrected chi connectivity index (χ2v) is 3.87. The molecule has 0 aromatic heterocycles. The first-order chi connectivity index (χ1) is 5.52. The smallest absolute Gasteiger partial charge is 0.270 e. The minimum absolute atomic E-state index is 0.0837. The summed E-state index contributed by atoms with van der Waals surface area (Å²) in [5.74, 6) is -0.475. The molecule has 72 valence electrons. The Bertz CT molecular complexity index is 224. The van der Waals surface area contributed by atoms with Crippen molar-refractivity contribution >= 4 is 10.1 Å². The van der Waals surface area contributed by atoms with Crippen molar-refractivity contribution in [1.29, 1.82) is 0 Å². The zero-order valence-corrected chi connectivity index (χ0v) is 7.46. The van der Waals surface area contributed by atoms with Gasteiger partial charge in [0.1, 0.15) is 5.75 Å². The van der Waals surface area contributed by atoms with E-state index in [2.05, 4.69) is 10.8 Å². The molecule has 6 heteroatoms. The van der Waals surface area contributed by atoms with Crippen molar-refractivity contribution in [3.8, 4) is 0 Å². The summed E-state index contributed by atoms with van der Waals surface area (Å²) in [7, 11) is -3.66. The highest BCUT2D eigenvalue weighted by Crippen LogP contribution is 1.96. The van der Waals surface area contributed by atoms with Crippen LogP contribution in [0.3, 0.4) is 0 Å². The Kier molecular flexibility index (Phi) is 5.07. The molecule has 5 nitrogen and oxygen atoms in total. The Hall–Kier alpha value is -0.430. The van der Waals surface area contributed by atoms with Crippen molar-refractivity contribution < 1.29 is 17.7 Å². The van der Waals surface area contributed by atoms with E-state index in [1.807, 2.05) is 0 Å². The van der Waals surface area contributed by atoms with Crippen LogP contribution >= 0.6 is 0 Å². The van der Waals surface area contributed by atoms with E-state index in [0.29, 0.717) is 0 Å². The molecule has 0 aliphatic carbocycles. The number of hydrogen-bond donors (Lipinski definition) is 2. The van der Waals surface area contributed by atoms with Crippen LogP contribution in [-0.4, -0.2) is 38.5 Å². The van der Waals surface area contributed by atoms with Crippen LogP contribution in [0.15, 0.2) is 12.7 Å². The van der Waals surface area contributed by atoms with Crippen LogP contribution in [0.5, 0.6) is 0 Å². The molecule has 0 amide bonds. The molecule has 0 bridgehead atoms. The zero-order valence-electron chi connectivity index (χ0n) is 6.64. The second kappa shape index (κ2) is 5.26. The lowest BCUT2D eigenvalue weighted by Crippen LogP contribution is -2.29. The van der Waals surface area contributed by atoms with Gasteiger partial charge in [0.15, 0.2) is 0 Å². The molecule has 0 saturated carbocycles. The topological polar surface area (TPSA) is 89.6 Å². The number of nitrogens with two attached hydrogens (primary N) is 1. The van der Waals surface area contributed by atoms with Gasteiger partial charge in [0, 0.05) is 6.54 Å². The molecule has 3 N–H and O–H groups in total. The van der Waals surface area contributed by atoms with Gasteiger partial charge in [-0.1, -0.05) is 6.08 Å². The summed E-state index contributed by atoms with van der Waals surface area (Å²) in [5.41, 5.74) is 5.02. The van der Waals surface area contributed by atoms with E-state index >= 15 is 0 Å². The maximum atomic E-state index is 10.9. The molecule has 0 saturated heterocycles. The molecule has 0 heterocycles. The summed E-state index contributed by atoms with van der Waals surface area (Å²) in [6, 6.07) is 0. The monoisotopic (exact) mass is 195 g/mol. The van der Waals surface area contributed by atoms with Gasteiger partial charge >= 0.3 is 0 Å². The predicted octanol–water partition coefficient (Wildman–Crippen LogP) is -1.16. The molecule has 0 aliphatic rings. The maximum absolute atomic E-state index is 10.9. The van der Waals surface area contributed by atoms with E-state index in [0.717, 1.165) is 0 Å². The highest BCUT2D eigenvalue weighted by Gasteiger charge is 2.15. The molecule has 0 aromatic rings. The minimum atomic E-state index is -3.66. The fourth-order valence-electron chi connectivity index (χ4n) is 0.504. The zero-order chi connectivity index (χ0) is 9.61. The lowest BCUT2D eigenvalue weighted by atomic mass is 10.4. The van der Waals surface area contributed by atoms with Crippen LogP contribution in [0.4, 0.5) is 0 Å². The van der Waals surface area contributed by atoms with Gasteiger partial charge in [-0.25, -0.2) is 0 Å². The van der Waals surface area contributed by atoms with Gasteiger partial charge in [0.25, 0.3) is 10.1 Å². The second-order valence-electron chi connectivity index (χ2n) is 2.19. The first-order valence-corrected chi connectivity index (χ1v) is 4.95. The number of rotatable bonds is 6. The van der Waals surface area contributed by atoms with E-state index in [1.54, 1.807) is 0 Å². The Balaban J connectivity index is 3.95. The summed E-state index contributed by atoms with van der Waals surface area (Å²) < 4.78 is 26.1. The van der Waals surface area contributed by atoms with Crippen molar-refractivity contribution in [2.75, 3.05) is 18.9 Å². The summed E-state index contributed by atoms with van der Waals surface area (Å²) in [4.78, 5) is 0. The highest BCUT2D eigenvalue weighted by atomic mass is 32.2. The molecule has 1 unspecified atom stereocenters. The van der Waals surface area contributed by atoms with E-state index in [1.165, 1.54) is 6.08 Å². The van der Waals surface area contributed by atoms with Crippen molar-refractivity contribution in [2.24, 2.45) is 5.73 Å². The molecular weight excluding hydrogens is 182 g/mol. The molecule has 1 atom stereocenters. The summed E-state index contributed by atoms with van der Waals surface area (Å²) >= 11 is 0. The van der Waals surface area contributed by atoms with Crippen LogP contribution in [0.1, 0.15) is 0 Å². The van der Waals surface area contributed by atoms with Gasteiger partial charge in [-0.15, -0.1) is 6.58 Å². The van der Waals surface area contributed by atoms with Gasteiger partial charge in [0.05, 0.1) is 12.7 Å². The van der Waals surface area contributed by atoms with Gasteiger partial charge < -0.3 is 10.8 Å². The quantitative estimate of drug-likeness (QED) is 0.412. The van der Waals surface area contributed by atoms with Gasteiger partial charge in [-0.05, 0) is 0 Å². The Labute approximate surface area is 72.0 Å². The average molecular weight is 195 g/mol. The number of hydrogen-bond acceptors (Lipinski definition) is 5. The summed E-state index contributed by atoms with van der Waals surface area (Å²) in [5, 5.41) is 8.88. The van der Waals surface area contributed by atoms with Gasteiger partial charge in [0.2, 0.25) is 0 Å². The van der Waals surface area contributed by atoms with E-state index < -0.39 is 22.0 Å². The average Bonchev–Trinajstić information content (AvgIpc) is 2.00. The van der Waals surface area contributed by atoms with E-state index in [4.69, 9.17) is 10.8 Å². The molecule has 0 spiro atoms. The van der Waals surface area contributed by atoms with Gasteiger partial charge in [-0.3, -0.25) is 4.18 Å². The van der Waals surface area contributed by atoms with Crippen molar-refractivity contribution in [3.63, 3.8) is 0 Å². The normalized spacial score (nSPS) is 14.2. The SMILES string of the molecule is C=CCOS(=O)(=O)CC(O)CN. The van der Waals surface area contributed by atoms with E-state index in [-0.39, 0.29) is 13.2 Å². The fourth-order valence-corrected chi connectivity index (χ4v) is 1.51. The standard InChI is InChI=1S/C6H13NO4S/c1-2-3-11-12(9,10)5-6(8)4-7/h2,6,8H,1,3-5,7H2. The molecule has 0 fully saturated rings. The third-order valence-electron chi connectivity index (χ3n) is 1.03. The third-order valence-corrected chi connectivity index (χ3v) is 2.32. The van der Waals surface area contributed by atoms with Crippen LogP contribution in [-0.2, 0) is 14.3 Å². The minimum Gasteiger partial charge on any atom is -0.391 e. The van der Waals surface area contributed by atoms with Gasteiger partial charge in [-0.2, -0.15) is 8.42 Å². The predicted molar refractivity (Wildman–Crippen MR) is 45.0 cm³/mol. The lowest BCUT2D eigenvalue weighted by Gasteiger charge is -2.07. The van der Waals surface area contributed by atoms with E-state index in [9.17, 15) is 8.42 Å².